The fourth-order valence-electron chi connectivity index (χ4n) is 3.19. The topological polar surface area (TPSA) is 17.1 Å². The van der Waals surface area contributed by atoms with E-state index in [2.05, 4.69) is 52.0 Å². The van der Waals surface area contributed by atoms with Crippen molar-refractivity contribution in [3.05, 3.63) is 35.4 Å². The normalized spacial score (nSPS) is 23.6. The van der Waals surface area contributed by atoms with Crippen molar-refractivity contribution in [3.8, 4) is 0 Å². The predicted octanol–water partition coefficient (Wildman–Crippen LogP) is 4.92. The van der Waals surface area contributed by atoms with Gasteiger partial charge in [0, 0.05) is 12.3 Å². The van der Waals surface area contributed by atoms with Crippen molar-refractivity contribution in [3.63, 3.8) is 0 Å². The minimum absolute atomic E-state index is 0.182. The van der Waals surface area contributed by atoms with Gasteiger partial charge in [0.15, 0.2) is 0 Å². The first-order chi connectivity index (χ1) is 9.36. The van der Waals surface area contributed by atoms with Gasteiger partial charge in [-0.2, -0.15) is 0 Å². The number of rotatable bonds is 3. The average molecular weight is 272 g/mol. The van der Waals surface area contributed by atoms with Gasteiger partial charge in [-0.15, -0.1) is 0 Å². The van der Waals surface area contributed by atoms with Crippen molar-refractivity contribution in [1.29, 1.82) is 0 Å². The Morgan fingerprint density at radius 3 is 2.35 bits per heavy atom. The lowest BCUT2D eigenvalue weighted by Crippen LogP contribution is -2.23. The lowest BCUT2D eigenvalue weighted by atomic mass is 9.79. The minimum atomic E-state index is 0.182. The van der Waals surface area contributed by atoms with Gasteiger partial charge in [0.05, 0.1) is 0 Å². The maximum atomic E-state index is 12.4. The Hall–Kier alpha value is -1.11. The molecular formula is C19H28O. The van der Waals surface area contributed by atoms with Crippen LogP contribution in [0.2, 0.25) is 0 Å². The van der Waals surface area contributed by atoms with Crippen LogP contribution in [0, 0.1) is 11.8 Å². The van der Waals surface area contributed by atoms with Crippen LogP contribution >= 0.6 is 0 Å². The molecule has 0 spiro atoms. The van der Waals surface area contributed by atoms with Crippen LogP contribution < -0.4 is 0 Å². The molecule has 0 aromatic heterocycles. The molecule has 1 aliphatic rings. The largest absolute Gasteiger partial charge is 0.299 e. The number of carbonyl (C=O) groups excluding carboxylic acids is 1. The summed E-state index contributed by atoms with van der Waals surface area (Å²) in [6.07, 6.45) is 5.33. The Bertz CT molecular complexity index is 450. The summed E-state index contributed by atoms with van der Waals surface area (Å²) in [6, 6.07) is 8.60. The van der Waals surface area contributed by atoms with E-state index in [1.807, 2.05) is 0 Å². The highest BCUT2D eigenvalue weighted by molar-refractivity contribution is 5.83. The molecule has 0 N–H and O–H groups in total. The molecule has 1 saturated carbocycles. The molecule has 0 aliphatic heterocycles. The first kappa shape index (κ1) is 15.3. The summed E-state index contributed by atoms with van der Waals surface area (Å²) >= 11 is 0. The third-order valence-electron chi connectivity index (χ3n) is 4.59. The predicted molar refractivity (Wildman–Crippen MR) is 85.0 cm³/mol. The van der Waals surface area contributed by atoms with E-state index < -0.39 is 0 Å². The number of Topliss-reactive ketones (excluding diaryl/α,β-unsaturated/α-hetero) is 1. The highest BCUT2D eigenvalue weighted by atomic mass is 16.1. The fourth-order valence-corrected chi connectivity index (χ4v) is 3.19. The maximum absolute atomic E-state index is 12.4. The molecule has 0 radical (unpaired) electrons. The number of ketones is 1. The SMILES string of the molecule is CC1CCCC(C(=O)Cc2ccc(C(C)(C)C)cc2)C1. The Morgan fingerprint density at radius 1 is 1.15 bits per heavy atom. The van der Waals surface area contributed by atoms with Crippen LogP contribution in [-0.4, -0.2) is 5.78 Å². The van der Waals surface area contributed by atoms with Crippen molar-refractivity contribution in [2.24, 2.45) is 11.8 Å². The first-order valence-corrected chi connectivity index (χ1v) is 7.98. The smallest absolute Gasteiger partial charge is 0.140 e. The Balaban J connectivity index is 1.97. The monoisotopic (exact) mass is 272 g/mol. The van der Waals surface area contributed by atoms with E-state index in [-0.39, 0.29) is 5.41 Å². The molecule has 2 rings (SSSR count). The molecule has 20 heavy (non-hydrogen) atoms. The second-order valence-corrected chi connectivity index (χ2v) is 7.56. The van der Waals surface area contributed by atoms with E-state index in [1.165, 1.54) is 24.0 Å². The molecule has 0 bridgehead atoms. The van der Waals surface area contributed by atoms with E-state index in [4.69, 9.17) is 0 Å². The second kappa shape index (κ2) is 6.11. The molecule has 1 aromatic rings. The molecule has 2 unspecified atom stereocenters. The van der Waals surface area contributed by atoms with E-state index in [1.54, 1.807) is 0 Å². The third-order valence-corrected chi connectivity index (χ3v) is 4.59. The van der Waals surface area contributed by atoms with Gasteiger partial charge >= 0.3 is 0 Å². The van der Waals surface area contributed by atoms with Crippen molar-refractivity contribution in [2.75, 3.05) is 0 Å². The Morgan fingerprint density at radius 2 is 1.80 bits per heavy atom. The number of benzene rings is 1. The number of hydrogen-bond donors (Lipinski definition) is 0. The maximum Gasteiger partial charge on any atom is 0.140 e. The molecule has 0 saturated heterocycles. The zero-order chi connectivity index (χ0) is 14.8. The molecule has 1 heteroatoms. The van der Waals surface area contributed by atoms with Crippen LogP contribution in [0.15, 0.2) is 24.3 Å². The summed E-state index contributed by atoms with van der Waals surface area (Å²) in [4.78, 5) is 12.4. The van der Waals surface area contributed by atoms with Crippen molar-refractivity contribution in [1.82, 2.24) is 0 Å². The highest BCUT2D eigenvalue weighted by Crippen LogP contribution is 2.30. The van der Waals surface area contributed by atoms with Crippen molar-refractivity contribution < 1.29 is 4.79 Å². The van der Waals surface area contributed by atoms with Crippen molar-refractivity contribution >= 4 is 5.78 Å². The van der Waals surface area contributed by atoms with Gasteiger partial charge in [0.25, 0.3) is 0 Å². The summed E-state index contributed by atoms with van der Waals surface area (Å²) in [5.74, 6) is 1.47. The van der Waals surface area contributed by atoms with Crippen LogP contribution in [0.3, 0.4) is 0 Å². The zero-order valence-corrected chi connectivity index (χ0v) is 13.4. The first-order valence-electron chi connectivity index (χ1n) is 7.98. The van der Waals surface area contributed by atoms with E-state index in [9.17, 15) is 4.79 Å². The molecular weight excluding hydrogens is 244 g/mol. The van der Waals surface area contributed by atoms with Gasteiger partial charge in [0.1, 0.15) is 5.78 Å². The summed E-state index contributed by atoms with van der Waals surface area (Å²) in [5.41, 5.74) is 2.68. The lowest BCUT2D eigenvalue weighted by molar-refractivity contribution is -0.123. The molecule has 110 valence electrons. The highest BCUT2D eigenvalue weighted by Gasteiger charge is 2.24. The molecule has 1 aromatic carbocycles. The van der Waals surface area contributed by atoms with Crippen LogP contribution in [0.1, 0.15) is 64.5 Å². The Kier molecular flexibility index (Phi) is 4.67. The summed E-state index contributed by atoms with van der Waals surface area (Å²) in [7, 11) is 0. The van der Waals surface area contributed by atoms with Crippen molar-refractivity contribution in [2.45, 2.75) is 65.2 Å². The van der Waals surface area contributed by atoms with E-state index >= 15 is 0 Å². The number of hydrogen-bond acceptors (Lipinski definition) is 1. The molecule has 1 aliphatic carbocycles. The summed E-state index contributed by atoms with van der Waals surface area (Å²) in [5, 5.41) is 0. The van der Waals surface area contributed by atoms with Crippen LogP contribution in [0.25, 0.3) is 0 Å². The van der Waals surface area contributed by atoms with Gasteiger partial charge < -0.3 is 0 Å². The van der Waals surface area contributed by atoms with E-state index in [0.29, 0.717) is 18.1 Å². The Labute approximate surface area is 123 Å². The minimum Gasteiger partial charge on any atom is -0.299 e. The molecule has 2 atom stereocenters. The van der Waals surface area contributed by atoms with Crippen LogP contribution in [0.5, 0.6) is 0 Å². The van der Waals surface area contributed by atoms with Gasteiger partial charge in [-0.3, -0.25) is 4.79 Å². The summed E-state index contributed by atoms with van der Waals surface area (Å²) < 4.78 is 0. The standard InChI is InChI=1S/C19H28O/c1-14-6-5-7-16(12-14)18(20)13-15-8-10-17(11-9-15)19(2,3)4/h8-11,14,16H,5-7,12-13H2,1-4H3. The zero-order valence-electron chi connectivity index (χ0n) is 13.4. The quantitative estimate of drug-likeness (QED) is 0.763. The third kappa shape index (κ3) is 3.94. The van der Waals surface area contributed by atoms with Gasteiger partial charge in [-0.1, -0.05) is 64.8 Å². The lowest BCUT2D eigenvalue weighted by Gasteiger charge is -2.25. The van der Waals surface area contributed by atoms with E-state index in [0.717, 1.165) is 18.8 Å². The van der Waals surface area contributed by atoms with Gasteiger partial charge in [0.2, 0.25) is 0 Å². The molecule has 0 amide bonds. The van der Waals surface area contributed by atoms with Crippen LogP contribution in [-0.2, 0) is 16.6 Å². The second-order valence-electron chi connectivity index (χ2n) is 7.56. The molecule has 0 heterocycles. The van der Waals surface area contributed by atoms with Gasteiger partial charge in [-0.25, -0.2) is 0 Å². The number of carbonyl (C=O) groups is 1. The van der Waals surface area contributed by atoms with Crippen LogP contribution in [0.4, 0.5) is 0 Å². The van der Waals surface area contributed by atoms with Gasteiger partial charge in [-0.05, 0) is 35.3 Å². The molecule has 1 nitrogen and oxygen atoms in total. The fraction of sp³-hybridized carbons (Fsp3) is 0.632. The average Bonchev–Trinajstić information content (AvgIpc) is 2.38. The summed E-state index contributed by atoms with van der Waals surface area (Å²) in [6.45, 7) is 8.93. The molecule has 1 fully saturated rings.